The van der Waals surface area contributed by atoms with Gasteiger partial charge in [-0.15, -0.1) is 0 Å². The van der Waals surface area contributed by atoms with Crippen LogP contribution in [0.4, 0.5) is 0 Å². The summed E-state index contributed by atoms with van der Waals surface area (Å²) < 4.78 is 0. The number of hydrogen-bond acceptors (Lipinski definition) is 2. The number of carbonyl (C=O) groups excluding carboxylic acids is 1. The van der Waals surface area contributed by atoms with Crippen LogP contribution >= 0.6 is 0 Å². The second-order valence-corrected chi connectivity index (χ2v) is 2.29. The molecule has 0 saturated carbocycles. The van der Waals surface area contributed by atoms with E-state index in [1.165, 1.54) is 0 Å². The van der Waals surface area contributed by atoms with Crippen molar-refractivity contribution in [1.29, 1.82) is 0 Å². The lowest BCUT2D eigenvalue weighted by atomic mass is 10.1. The first-order valence-electron chi connectivity index (χ1n) is 5.44. The number of amides is 1. The number of nitrogens with one attached hydrogen (secondary N) is 1. The molecule has 1 rings (SSSR count). The van der Waals surface area contributed by atoms with Crippen LogP contribution in [0.5, 0.6) is 0 Å². The van der Waals surface area contributed by atoms with Gasteiger partial charge < -0.3 is 5.32 Å². The zero-order valence-electron chi connectivity index (χ0n) is 10.3. The Balaban J connectivity index is 0. The van der Waals surface area contributed by atoms with Crippen molar-refractivity contribution in [3.8, 4) is 0 Å². The van der Waals surface area contributed by atoms with Crippen molar-refractivity contribution >= 4 is 6.41 Å². The van der Waals surface area contributed by atoms with Gasteiger partial charge in [-0.1, -0.05) is 33.8 Å². The number of pyridine rings is 1. The highest BCUT2D eigenvalue weighted by Gasteiger charge is 2.00. The average molecular weight is 210 g/mol. The summed E-state index contributed by atoms with van der Waals surface area (Å²) in [5.41, 5.74) is 1.01. The van der Waals surface area contributed by atoms with Crippen molar-refractivity contribution in [2.24, 2.45) is 0 Å². The second-order valence-electron chi connectivity index (χ2n) is 2.29. The van der Waals surface area contributed by atoms with Gasteiger partial charge in [0.1, 0.15) is 0 Å². The molecule has 0 saturated heterocycles. The van der Waals surface area contributed by atoms with Gasteiger partial charge in [0.25, 0.3) is 0 Å². The third-order valence-electron chi connectivity index (χ3n) is 1.50. The lowest BCUT2D eigenvalue weighted by molar-refractivity contribution is -0.110. The third kappa shape index (κ3) is 7.67. The fraction of sp³-hybridized carbons (Fsp3) is 0.500. The van der Waals surface area contributed by atoms with E-state index < -0.39 is 0 Å². The van der Waals surface area contributed by atoms with Crippen molar-refractivity contribution in [2.75, 3.05) is 0 Å². The maximum Gasteiger partial charge on any atom is 0.207 e. The minimum Gasteiger partial charge on any atom is -0.352 e. The first kappa shape index (κ1) is 16.1. The molecule has 0 bridgehead atoms. The predicted octanol–water partition coefficient (Wildman–Crippen LogP) is 2.94. The quantitative estimate of drug-likeness (QED) is 0.779. The highest BCUT2D eigenvalue weighted by Crippen LogP contribution is 2.07. The Hall–Kier alpha value is -1.38. The molecule has 0 aliphatic rings. The van der Waals surface area contributed by atoms with Gasteiger partial charge in [-0.2, -0.15) is 0 Å². The lowest BCUT2D eigenvalue weighted by Crippen LogP contribution is -2.15. The molecule has 0 aromatic carbocycles. The van der Waals surface area contributed by atoms with Crippen LogP contribution < -0.4 is 5.32 Å². The highest BCUT2D eigenvalue weighted by molar-refractivity contribution is 5.47. The van der Waals surface area contributed by atoms with Crippen molar-refractivity contribution < 1.29 is 4.79 Å². The summed E-state index contributed by atoms with van der Waals surface area (Å²) >= 11 is 0. The fourth-order valence-electron chi connectivity index (χ4n) is 0.830. The molecular weight excluding hydrogens is 188 g/mol. The Bertz CT molecular complexity index is 224. The summed E-state index contributed by atoms with van der Waals surface area (Å²) in [7, 11) is 0. The highest BCUT2D eigenvalue weighted by atomic mass is 16.1. The molecule has 1 atom stereocenters. The molecule has 1 amide bonds. The molecule has 3 nitrogen and oxygen atoms in total. The van der Waals surface area contributed by atoms with E-state index in [1.54, 1.807) is 12.4 Å². The van der Waals surface area contributed by atoms with Crippen LogP contribution in [0, 0.1) is 0 Å². The average Bonchev–Trinajstić information content (AvgIpc) is 2.36. The van der Waals surface area contributed by atoms with Crippen LogP contribution in [-0.2, 0) is 4.79 Å². The zero-order valence-corrected chi connectivity index (χ0v) is 10.3. The summed E-state index contributed by atoms with van der Waals surface area (Å²) in [6.07, 6.45) is 4.13. The molecule has 1 heterocycles. The van der Waals surface area contributed by atoms with Crippen molar-refractivity contribution in [1.82, 2.24) is 10.3 Å². The van der Waals surface area contributed by atoms with Crippen LogP contribution in [0.2, 0.25) is 0 Å². The van der Waals surface area contributed by atoms with Crippen LogP contribution in [0.1, 0.15) is 46.2 Å². The van der Waals surface area contributed by atoms with E-state index in [2.05, 4.69) is 10.3 Å². The number of aromatic nitrogens is 1. The largest absolute Gasteiger partial charge is 0.352 e. The van der Waals surface area contributed by atoms with Crippen LogP contribution in [0.15, 0.2) is 24.5 Å². The first-order valence-corrected chi connectivity index (χ1v) is 5.44. The number of carbonyl (C=O) groups is 1. The fourth-order valence-corrected chi connectivity index (χ4v) is 0.830. The lowest BCUT2D eigenvalue weighted by Gasteiger charge is -2.08. The van der Waals surface area contributed by atoms with E-state index in [1.807, 2.05) is 46.8 Å². The van der Waals surface area contributed by atoms with E-state index >= 15 is 0 Å². The van der Waals surface area contributed by atoms with Crippen LogP contribution in [0.25, 0.3) is 0 Å². The Morgan fingerprint density at radius 1 is 1.33 bits per heavy atom. The molecule has 0 unspecified atom stereocenters. The van der Waals surface area contributed by atoms with Crippen LogP contribution in [0.3, 0.4) is 0 Å². The van der Waals surface area contributed by atoms with Crippen molar-refractivity contribution in [2.45, 2.75) is 40.7 Å². The molecule has 0 spiro atoms. The molecular formula is C12H22N2O. The molecule has 1 aromatic heterocycles. The summed E-state index contributed by atoms with van der Waals surface area (Å²) in [5.74, 6) is 0. The maximum atomic E-state index is 10.1. The van der Waals surface area contributed by atoms with Gasteiger partial charge in [-0.25, -0.2) is 0 Å². The van der Waals surface area contributed by atoms with Gasteiger partial charge in [0.15, 0.2) is 0 Å². The molecule has 86 valence electrons. The molecule has 0 aliphatic heterocycles. The molecule has 0 aliphatic carbocycles. The van der Waals surface area contributed by atoms with Crippen molar-refractivity contribution in [3.63, 3.8) is 0 Å². The molecule has 1 N–H and O–H groups in total. The Labute approximate surface area is 92.9 Å². The molecule has 1 aromatic rings. The minimum atomic E-state index is 0.0428. The summed E-state index contributed by atoms with van der Waals surface area (Å²) in [6, 6.07) is 3.81. The maximum absolute atomic E-state index is 10.1. The van der Waals surface area contributed by atoms with Gasteiger partial charge in [0.2, 0.25) is 6.41 Å². The van der Waals surface area contributed by atoms with Gasteiger partial charge in [-0.3, -0.25) is 9.78 Å². The second kappa shape index (κ2) is 12.6. The summed E-state index contributed by atoms with van der Waals surface area (Å²) in [4.78, 5) is 14.0. The van der Waals surface area contributed by atoms with E-state index in [0.29, 0.717) is 6.41 Å². The SMILES string of the molecule is CC.CC.C[C@@H](NC=O)c1cccnc1. The Morgan fingerprint density at radius 2 is 1.93 bits per heavy atom. The summed E-state index contributed by atoms with van der Waals surface area (Å²) in [5, 5.41) is 2.64. The topological polar surface area (TPSA) is 42.0 Å². The zero-order chi connectivity index (χ0) is 12.1. The molecule has 0 fully saturated rings. The van der Waals surface area contributed by atoms with E-state index in [9.17, 15) is 4.79 Å². The van der Waals surface area contributed by atoms with Crippen molar-refractivity contribution in [3.05, 3.63) is 30.1 Å². The minimum absolute atomic E-state index is 0.0428. The standard InChI is InChI=1S/C8H10N2O.2C2H6/c1-7(10-6-11)8-3-2-4-9-5-8;2*1-2/h2-7H,1H3,(H,10,11);2*1-2H3/t7-;;/m1../s1. The van der Waals surface area contributed by atoms with Gasteiger partial charge in [0.05, 0.1) is 6.04 Å². The first-order chi connectivity index (χ1) is 7.34. The van der Waals surface area contributed by atoms with E-state index in [-0.39, 0.29) is 6.04 Å². The smallest absolute Gasteiger partial charge is 0.207 e. The number of hydrogen-bond donors (Lipinski definition) is 1. The Morgan fingerprint density at radius 3 is 2.33 bits per heavy atom. The predicted molar refractivity (Wildman–Crippen MR) is 64.5 cm³/mol. The normalized spacial score (nSPS) is 9.67. The van der Waals surface area contributed by atoms with E-state index in [0.717, 1.165) is 5.56 Å². The van der Waals surface area contributed by atoms with Gasteiger partial charge >= 0.3 is 0 Å². The number of nitrogens with zero attached hydrogens (tertiary/aromatic N) is 1. The number of rotatable bonds is 3. The van der Waals surface area contributed by atoms with Gasteiger partial charge in [-0.05, 0) is 18.6 Å². The molecule has 0 radical (unpaired) electrons. The Kier molecular flexibility index (Phi) is 13.5. The van der Waals surface area contributed by atoms with E-state index in [4.69, 9.17) is 0 Å². The summed E-state index contributed by atoms with van der Waals surface area (Å²) in [6.45, 7) is 9.91. The third-order valence-corrected chi connectivity index (χ3v) is 1.50. The van der Waals surface area contributed by atoms with Gasteiger partial charge in [0, 0.05) is 12.4 Å². The molecule has 15 heavy (non-hydrogen) atoms. The van der Waals surface area contributed by atoms with Crippen LogP contribution in [-0.4, -0.2) is 11.4 Å². The monoisotopic (exact) mass is 210 g/mol. The molecule has 3 heteroatoms.